The van der Waals surface area contributed by atoms with E-state index in [1.807, 2.05) is 0 Å². The van der Waals surface area contributed by atoms with Gasteiger partial charge in [-0.2, -0.15) is 0 Å². The summed E-state index contributed by atoms with van der Waals surface area (Å²) in [4.78, 5) is 147. The SMILES string of the molecule is CCC(C)[C@H](NC(=O)CN(CCN)C(=O)CNC(=O)[C@@H](NC(=O)[C@@H](NC(=O)[C@H](Cc1cnc[nH]1)NC(=O)[C@H](CC1CCCCC1)NC(=O)[C@H](C)NC(=O)[C@@H](N)CCCN=C(N)N)[C@@H](C)O)[C@@H](C)O)C(=O)N(CC(=O)O)C(C)CC. The van der Waals surface area contributed by atoms with Gasteiger partial charge in [-0.05, 0) is 65.2 Å². The van der Waals surface area contributed by atoms with Crippen molar-refractivity contribution in [1.29, 1.82) is 0 Å². The van der Waals surface area contributed by atoms with Gasteiger partial charge in [0.05, 0.1) is 37.7 Å². The lowest BCUT2D eigenvalue weighted by atomic mass is 9.84. The number of aliphatic hydroxyl groups excluding tert-OH is 2. The number of guanidine groups is 1. The van der Waals surface area contributed by atoms with Crippen LogP contribution in [0.2, 0.25) is 0 Å². The molecule has 1 aliphatic carbocycles. The number of nitrogens with one attached hydrogen (secondary N) is 8. The lowest BCUT2D eigenvalue weighted by Gasteiger charge is -2.33. The van der Waals surface area contributed by atoms with Gasteiger partial charge in [0, 0.05) is 44.0 Å². The number of nitrogens with two attached hydrogens (primary N) is 4. The molecule has 1 heterocycles. The predicted molar refractivity (Wildman–Crippen MR) is 289 cm³/mol. The zero-order chi connectivity index (χ0) is 59.5. The molecule has 1 aliphatic rings. The third kappa shape index (κ3) is 23.9. The number of H-pyrrole nitrogens is 1. The zero-order valence-electron chi connectivity index (χ0n) is 46.6. The Hall–Kier alpha value is -6.98. The summed E-state index contributed by atoms with van der Waals surface area (Å²) in [5, 5.41) is 48.6. The highest BCUT2D eigenvalue weighted by Gasteiger charge is 2.37. The largest absolute Gasteiger partial charge is 0.480 e. The third-order valence-electron chi connectivity index (χ3n) is 13.7. The van der Waals surface area contributed by atoms with Gasteiger partial charge in [-0.25, -0.2) is 4.98 Å². The third-order valence-corrected chi connectivity index (χ3v) is 13.7. The molecular weight excluding hydrogens is 1030 g/mol. The molecule has 9 amide bonds. The first-order valence-electron chi connectivity index (χ1n) is 27.0. The smallest absolute Gasteiger partial charge is 0.323 e. The Morgan fingerprint density at radius 1 is 0.759 bits per heavy atom. The molecule has 0 saturated heterocycles. The molecule has 0 spiro atoms. The maximum absolute atomic E-state index is 14.3. The highest BCUT2D eigenvalue weighted by atomic mass is 16.4. The van der Waals surface area contributed by atoms with E-state index in [2.05, 4.69) is 52.2 Å². The van der Waals surface area contributed by atoms with Gasteiger partial charge in [-0.15, -0.1) is 0 Å². The fraction of sp³-hybridized carbons (Fsp3) is 0.720. The Morgan fingerprint density at radius 2 is 1.37 bits per heavy atom. The van der Waals surface area contributed by atoms with Crippen molar-refractivity contribution < 1.29 is 63.3 Å². The number of amides is 9. The molecule has 19 N–H and O–H groups in total. The van der Waals surface area contributed by atoms with Gasteiger partial charge in [-0.3, -0.25) is 52.9 Å². The quantitative estimate of drug-likeness (QED) is 0.0174. The molecular formula is C50H88N16O13. The van der Waals surface area contributed by atoms with Gasteiger partial charge in [0.25, 0.3) is 0 Å². The van der Waals surface area contributed by atoms with Gasteiger partial charge in [0.1, 0.15) is 42.8 Å². The van der Waals surface area contributed by atoms with Crippen molar-refractivity contribution in [3.63, 3.8) is 0 Å². The van der Waals surface area contributed by atoms with Crippen LogP contribution in [0.3, 0.4) is 0 Å². The molecule has 1 saturated carbocycles. The van der Waals surface area contributed by atoms with E-state index in [9.17, 15) is 63.3 Å². The Bertz CT molecular complexity index is 2190. The average Bonchev–Trinajstić information content (AvgIpc) is 3.93. The summed E-state index contributed by atoms with van der Waals surface area (Å²) in [5.74, 6) is -9.29. The van der Waals surface area contributed by atoms with E-state index in [0.29, 0.717) is 25.0 Å². The first kappa shape index (κ1) is 68.1. The van der Waals surface area contributed by atoms with Gasteiger partial charge >= 0.3 is 5.97 Å². The van der Waals surface area contributed by atoms with Gasteiger partial charge in [-0.1, -0.05) is 59.3 Å². The summed E-state index contributed by atoms with van der Waals surface area (Å²) in [6.07, 6.45) is 5.26. The molecule has 0 bridgehead atoms. The van der Waals surface area contributed by atoms with Crippen molar-refractivity contribution in [2.75, 3.05) is 39.3 Å². The number of rotatable bonds is 35. The predicted octanol–water partition coefficient (Wildman–Crippen LogP) is -4.34. The number of aromatic nitrogens is 2. The Morgan fingerprint density at radius 3 is 1.92 bits per heavy atom. The Kier molecular flexibility index (Phi) is 30.0. The fourth-order valence-corrected chi connectivity index (χ4v) is 8.63. The molecule has 446 valence electrons. The second kappa shape index (κ2) is 34.8. The van der Waals surface area contributed by atoms with E-state index in [1.54, 1.807) is 27.7 Å². The van der Waals surface area contributed by atoms with Crippen LogP contribution < -0.4 is 60.2 Å². The van der Waals surface area contributed by atoms with Crippen molar-refractivity contribution in [1.82, 2.24) is 57.0 Å². The van der Waals surface area contributed by atoms with E-state index < -0.39 is 145 Å². The van der Waals surface area contributed by atoms with Crippen LogP contribution in [0.5, 0.6) is 0 Å². The summed E-state index contributed by atoms with van der Waals surface area (Å²) >= 11 is 0. The lowest BCUT2D eigenvalue weighted by molar-refractivity contribution is -0.148. The van der Waals surface area contributed by atoms with Crippen molar-refractivity contribution in [3.8, 4) is 0 Å². The van der Waals surface area contributed by atoms with Gasteiger partial charge < -0.3 is 90.3 Å². The second-order valence-electron chi connectivity index (χ2n) is 20.3. The number of hydrogen-bond acceptors (Lipinski definition) is 16. The standard InChI is InChI=1S/C50H88N16O13/c1-8-27(3)40(49(79)66(25-39(71)72)28(4)9-2)62-37(69)24-65(19-17-51)38(70)23-57-47(77)41(30(6)67)64-48(78)42(31(7)68)63-46(76)36(21-33-22-55-26-58-33)61-45(75)35(20-32-14-11-10-12-15-32)60-43(73)29(5)59-44(74)34(52)16-13-18-56-50(53)54/h22,26-32,34-36,40-42,67-68H,8-21,23-25,51-52H2,1-7H3,(H,55,58)(H,57,77)(H,59,74)(H,60,73)(H,61,75)(H,62,69)(H,63,76)(H,64,78)(H,71,72)(H4,53,54,56)/t27?,28?,29-,30+,31+,34-,35-,36-,40-,41-,42-/m0/s1. The molecule has 1 aromatic rings. The summed E-state index contributed by atoms with van der Waals surface area (Å²) in [7, 11) is 0. The van der Waals surface area contributed by atoms with Gasteiger partial charge in [0.15, 0.2) is 5.96 Å². The van der Waals surface area contributed by atoms with Crippen LogP contribution in [0.25, 0.3) is 0 Å². The lowest BCUT2D eigenvalue weighted by Crippen LogP contribution is -2.62. The fourth-order valence-electron chi connectivity index (χ4n) is 8.63. The maximum atomic E-state index is 14.3. The molecule has 0 aromatic carbocycles. The van der Waals surface area contributed by atoms with Crippen molar-refractivity contribution in [2.24, 2.45) is 39.8 Å². The molecule has 1 fully saturated rings. The van der Waals surface area contributed by atoms with Crippen LogP contribution in [0.4, 0.5) is 0 Å². The number of imidazole rings is 1. The van der Waals surface area contributed by atoms with Crippen LogP contribution >= 0.6 is 0 Å². The Balaban J connectivity index is 2.26. The molecule has 1 aromatic heterocycles. The molecule has 11 atom stereocenters. The van der Waals surface area contributed by atoms with E-state index in [1.165, 1.54) is 31.3 Å². The number of carbonyl (C=O) groups is 10. The van der Waals surface area contributed by atoms with Crippen molar-refractivity contribution in [3.05, 3.63) is 18.2 Å². The zero-order valence-corrected chi connectivity index (χ0v) is 46.6. The topological polar surface area (TPSA) is 467 Å². The number of nitrogens with zero attached hydrogens (tertiary/aromatic N) is 4. The normalized spacial score (nSPS) is 16.7. The minimum absolute atomic E-state index is 0.0243. The summed E-state index contributed by atoms with van der Waals surface area (Å²) in [6, 6.07) is -10.0. The first-order chi connectivity index (χ1) is 37.2. The number of aromatic amines is 1. The first-order valence-corrected chi connectivity index (χ1v) is 27.0. The van der Waals surface area contributed by atoms with Crippen LogP contribution in [0, 0.1) is 11.8 Å². The monoisotopic (exact) mass is 1120 g/mol. The molecule has 29 nitrogen and oxygen atoms in total. The molecule has 2 unspecified atom stereocenters. The molecule has 2 rings (SSSR count). The van der Waals surface area contributed by atoms with Crippen LogP contribution in [0.15, 0.2) is 17.5 Å². The Labute approximate surface area is 461 Å². The average molecular weight is 1120 g/mol. The number of hydrogen-bond donors (Lipinski definition) is 15. The van der Waals surface area contributed by atoms with E-state index >= 15 is 0 Å². The summed E-state index contributed by atoms with van der Waals surface area (Å²) in [6.45, 7) is 8.68. The van der Waals surface area contributed by atoms with Crippen molar-refractivity contribution >= 4 is 65.1 Å². The number of carbonyl (C=O) groups excluding carboxylic acids is 9. The summed E-state index contributed by atoms with van der Waals surface area (Å²) < 4.78 is 0. The number of aliphatic hydroxyl groups is 2. The molecule has 0 radical (unpaired) electrons. The summed E-state index contributed by atoms with van der Waals surface area (Å²) in [5.41, 5.74) is 22.9. The van der Waals surface area contributed by atoms with Crippen LogP contribution in [-0.4, -0.2) is 200 Å². The number of carboxylic acid groups (broad SMARTS) is 1. The van der Waals surface area contributed by atoms with Crippen LogP contribution in [0.1, 0.15) is 118 Å². The maximum Gasteiger partial charge on any atom is 0.323 e. The molecule has 0 aliphatic heterocycles. The number of aliphatic carboxylic acids is 1. The minimum Gasteiger partial charge on any atom is -0.480 e. The van der Waals surface area contributed by atoms with E-state index in [0.717, 1.165) is 43.9 Å². The molecule has 79 heavy (non-hydrogen) atoms. The molecule has 29 heteroatoms. The van der Waals surface area contributed by atoms with Crippen LogP contribution in [-0.2, 0) is 54.4 Å². The highest BCUT2D eigenvalue weighted by Crippen LogP contribution is 2.27. The highest BCUT2D eigenvalue weighted by molar-refractivity contribution is 5.98. The van der Waals surface area contributed by atoms with E-state index in [-0.39, 0.29) is 50.8 Å². The van der Waals surface area contributed by atoms with Gasteiger partial charge in [0.2, 0.25) is 53.2 Å². The van der Waals surface area contributed by atoms with Crippen molar-refractivity contribution in [2.45, 2.75) is 180 Å². The second-order valence-corrected chi connectivity index (χ2v) is 20.3. The van der Waals surface area contributed by atoms with E-state index in [4.69, 9.17) is 22.9 Å². The minimum atomic E-state index is -1.81. The number of aliphatic imine (C=N–C) groups is 1. The number of carboxylic acids is 1.